The van der Waals surface area contributed by atoms with Gasteiger partial charge >= 0.3 is 6.18 Å². The number of pyridine rings is 2. The highest BCUT2D eigenvalue weighted by atomic mass is 35.5. The molecule has 1 saturated carbocycles. The van der Waals surface area contributed by atoms with Gasteiger partial charge in [0.05, 0.1) is 42.2 Å². The summed E-state index contributed by atoms with van der Waals surface area (Å²) in [5.74, 6) is 0.650. The number of rotatable bonds is 3. The van der Waals surface area contributed by atoms with Crippen LogP contribution in [-0.2, 0) is 10.2 Å². The molecule has 2 fully saturated rings. The number of hydrogen-bond donors (Lipinski definition) is 2. The first-order valence-corrected chi connectivity index (χ1v) is 13.8. The molecule has 5 heterocycles. The molecule has 1 amide bonds. The topological polar surface area (TPSA) is 111 Å². The lowest BCUT2D eigenvalue weighted by Gasteiger charge is -2.33. The zero-order valence-corrected chi connectivity index (χ0v) is 22.8. The fourth-order valence-corrected chi connectivity index (χ4v) is 6.29. The average Bonchev–Trinajstić information content (AvgIpc) is 3.62. The van der Waals surface area contributed by atoms with Crippen LogP contribution in [0.4, 0.5) is 18.9 Å². The highest BCUT2D eigenvalue weighted by molar-refractivity contribution is 6.29. The fraction of sp³-hybridized carbons (Fsp3) is 0.519. The predicted molar refractivity (Wildman–Crippen MR) is 146 cm³/mol. The van der Waals surface area contributed by atoms with E-state index in [9.17, 15) is 18.0 Å². The number of halogens is 4. The fourth-order valence-electron chi connectivity index (χ4n) is 6.14. The summed E-state index contributed by atoms with van der Waals surface area (Å²) in [7, 11) is 1.58. The van der Waals surface area contributed by atoms with E-state index in [1.807, 2.05) is 0 Å². The summed E-state index contributed by atoms with van der Waals surface area (Å²) in [5.41, 5.74) is 1.44. The second-order valence-corrected chi connectivity index (χ2v) is 10.9. The van der Waals surface area contributed by atoms with Crippen LogP contribution in [0.5, 0.6) is 5.75 Å². The van der Waals surface area contributed by atoms with Gasteiger partial charge in [-0.1, -0.05) is 30.9 Å². The van der Waals surface area contributed by atoms with E-state index >= 15 is 0 Å². The smallest absolute Gasteiger partial charge is 0.391 e. The van der Waals surface area contributed by atoms with Crippen molar-refractivity contribution in [3.63, 3.8) is 0 Å². The Balaban J connectivity index is 0.000000269. The number of H-pyrrole nitrogens is 1. The van der Waals surface area contributed by atoms with Gasteiger partial charge in [-0.3, -0.25) is 14.9 Å². The molecular formula is C27H31ClF3N7O2. The number of carbonyl (C=O) groups is 1. The largest absolute Gasteiger partial charge is 0.506 e. The standard InChI is InChI=1S/C21H26ClF3N4O.C6H5N3O/c1-26-17(28-11-5-6-14(28)12-21(23,24)25)13-29-15-7-8-16(22)27-18(15)20(19(29)30)9-3-2-4-10-20;10-5-1-4-2-8-9-6(4)7-3-5/h7-8,14H,2-6,9-13H2,1H3;1-3,10H,(H,7,8,9). The van der Waals surface area contributed by atoms with Gasteiger partial charge in [0.15, 0.2) is 5.65 Å². The molecule has 2 aliphatic heterocycles. The number of alkyl halides is 3. The maximum Gasteiger partial charge on any atom is 0.391 e. The number of aromatic hydroxyl groups is 1. The summed E-state index contributed by atoms with van der Waals surface area (Å²) in [6.45, 7) is 0.675. The van der Waals surface area contributed by atoms with Crippen molar-refractivity contribution in [3.05, 3.63) is 41.4 Å². The molecule has 214 valence electrons. The minimum absolute atomic E-state index is 0.0281. The molecule has 6 rings (SSSR count). The van der Waals surface area contributed by atoms with Gasteiger partial charge < -0.3 is 14.9 Å². The van der Waals surface area contributed by atoms with E-state index < -0.39 is 24.1 Å². The Morgan fingerprint density at radius 3 is 2.73 bits per heavy atom. The molecule has 1 aliphatic carbocycles. The number of anilines is 1. The first-order chi connectivity index (χ1) is 19.1. The third-order valence-corrected chi connectivity index (χ3v) is 8.17. The van der Waals surface area contributed by atoms with Crippen molar-refractivity contribution in [3.8, 4) is 5.75 Å². The summed E-state index contributed by atoms with van der Waals surface area (Å²) < 4.78 is 39.1. The van der Waals surface area contributed by atoms with Gasteiger partial charge in [0.1, 0.15) is 16.7 Å². The second-order valence-electron chi connectivity index (χ2n) is 10.5. The predicted octanol–water partition coefficient (Wildman–Crippen LogP) is 5.39. The molecular weight excluding hydrogens is 547 g/mol. The van der Waals surface area contributed by atoms with Crippen molar-refractivity contribution in [2.24, 2.45) is 4.99 Å². The molecule has 1 saturated heterocycles. The Bertz CT molecular complexity index is 1400. The summed E-state index contributed by atoms with van der Waals surface area (Å²) in [6.07, 6.45) is 3.48. The summed E-state index contributed by atoms with van der Waals surface area (Å²) in [6, 6.07) is 4.43. The number of hydrogen-bond acceptors (Lipinski definition) is 6. The SMILES string of the molecule is CN=C(CN1C(=O)C2(CCCCC2)c2nc(Cl)ccc21)N1CCCC1CC(F)(F)F.Oc1cnc2[nH]ncc2c1. The first-order valence-electron chi connectivity index (χ1n) is 13.4. The van der Waals surface area contributed by atoms with Crippen molar-refractivity contribution in [1.29, 1.82) is 0 Å². The van der Waals surface area contributed by atoms with Crippen LogP contribution >= 0.6 is 11.6 Å². The zero-order valence-electron chi connectivity index (χ0n) is 22.1. The lowest BCUT2D eigenvalue weighted by molar-refractivity contribution is -0.142. The van der Waals surface area contributed by atoms with Gasteiger partial charge in [-0.25, -0.2) is 9.97 Å². The lowest BCUT2D eigenvalue weighted by Crippen LogP contribution is -2.48. The molecule has 3 aliphatic rings. The molecule has 1 spiro atoms. The van der Waals surface area contributed by atoms with Crippen LogP contribution in [0.3, 0.4) is 0 Å². The summed E-state index contributed by atoms with van der Waals surface area (Å²) in [4.78, 5) is 29.7. The van der Waals surface area contributed by atoms with Gasteiger partial charge in [0.25, 0.3) is 0 Å². The highest BCUT2D eigenvalue weighted by Crippen LogP contribution is 2.49. The number of carbonyl (C=O) groups excluding carboxylic acids is 1. The molecule has 0 aromatic carbocycles. The second kappa shape index (κ2) is 11.2. The van der Waals surface area contributed by atoms with Crippen LogP contribution in [0.1, 0.15) is 57.1 Å². The average molecular weight is 578 g/mol. The summed E-state index contributed by atoms with van der Waals surface area (Å²) >= 11 is 6.16. The number of fused-ring (bicyclic) bond motifs is 3. The van der Waals surface area contributed by atoms with E-state index in [1.54, 1.807) is 41.2 Å². The Labute approximate surface area is 234 Å². The molecule has 1 unspecified atom stereocenters. The molecule has 1 atom stereocenters. The van der Waals surface area contributed by atoms with E-state index in [0.29, 0.717) is 47.4 Å². The van der Waals surface area contributed by atoms with Crippen LogP contribution in [-0.4, -0.2) is 74.3 Å². The Morgan fingerprint density at radius 2 is 2.00 bits per heavy atom. The van der Waals surface area contributed by atoms with E-state index in [0.717, 1.165) is 37.5 Å². The summed E-state index contributed by atoms with van der Waals surface area (Å²) in [5, 5.41) is 16.5. The molecule has 0 radical (unpaired) electrons. The number of nitrogens with one attached hydrogen (secondary N) is 1. The van der Waals surface area contributed by atoms with Crippen molar-refractivity contribution < 1.29 is 23.1 Å². The van der Waals surface area contributed by atoms with Crippen molar-refractivity contribution in [2.45, 2.75) is 69.0 Å². The third-order valence-electron chi connectivity index (χ3n) is 7.96. The van der Waals surface area contributed by atoms with Gasteiger partial charge in [0, 0.05) is 25.0 Å². The number of amidine groups is 1. The molecule has 0 bridgehead atoms. The van der Waals surface area contributed by atoms with E-state index in [-0.39, 0.29) is 18.2 Å². The number of nitrogens with zero attached hydrogens (tertiary/aromatic N) is 6. The van der Waals surface area contributed by atoms with Crippen molar-refractivity contribution >= 4 is 40.1 Å². The monoisotopic (exact) mass is 577 g/mol. The van der Waals surface area contributed by atoms with Crippen molar-refractivity contribution in [2.75, 3.05) is 25.0 Å². The van der Waals surface area contributed by atoms with Crippen molar-refractivity contribution in [1.82, 2.24) is 25.1 Å². The van der Waals surface area contributed by atoms with Gasteiger partial charge in [0.2, 0.25) is 5.91 Å². The first kappa shape index (κ1) is 28.1. The van der Waals surface area contributed by atoms with E-state index in [2.05, 4.69) is 25.2 Å². The van der Waals surface area contributed by atoms with E-state index in [1.165, 1.54) is 6.20 Å². The number of aromatic nitrogens is 4. The maximum absolute atomic E-state index is 13.6. The normalized spacial score (nSPS) is 20.7. The Kier molecular flexibility index (Phi) is 7.89. The number of likely N-dealkylation sites (tertiary alicyclic amines) is 1. The minimum Gasteiger partial charge on any atom is -0.506 e. The lowest BCUT2D eigenvalue weighted by atomic mass is 9.72. The van der Waals surface area contributed by atoms with Crippen LogP contribution in [0, 0.1) is 0 Å². The number of aliphatic imine (C=N–C) groups is 1. The molecule has 3 aromatic rings. The van der Waals surface area contributed by atoms with Crippen LogP contribution < -0.4 is 4.90 Å². The van der Waals surface area contributed by atoms with Gasteiger partial charge in [-0.2, -0.15) is 18.3 Å². The molecule has 2 N–H and O–H groups in total. The quantitative estimate of drug-likeness (QED) is 0.245. The zero-order chi connectivity index (χ0) is 28.5. The van der Waals surface area contributed by atoms with E-state index in [4.69, 9.17) is 16.7 Å². The van der Waals surface area contributed by atoms with Crippen LogP contribution in [0.25, 0.3) is 11.0 Å². The third kappa shape index (κ3) is 5.59. The number of amides is 1. The maximum atomic E-state index is 13.6. The molecule has 3 aromatic heterocycles. The highest BCUT2D eigenvalue weighted by Gasteiger charge is 2.53. The Hall–Kier alpha value is -3.41. The van der Waals surface area contributed by atoms with Crippen LogP contribution in [0.15, 0.2) is 35.6 Å². The van der Waals surface area contributed by atoms with Crippen LogP contribution in [0.2, 0.25) is 5.15 Å². The number of aromatic amines is 1. The Morgan fingerprint density at radius 1 is 1.23 bits per heavy atom. The van der Waals surface area contributed by atoms with Gasteiger partial charge in [-0.15, -0.1) is 0 Å². The molecule has 9 nitrogen and oxygen atoms in total. The molecule has 13 heteroatoms. The van der Waals surface area contributed by atoms with Gasteiger partial charge in [-0.05, 0) is 43.9 Å². The minimum atomic E-state index is -4.23. The molecule has 40 heavy (non-hydrogen) atoms.